The number of hydrogen-bond donors (Lipinski definition) is 0. The van der Waals surface area contributed by atoms with E-state index in [0.29, 0.717) is 5.56 Å². The van der Waals surface area contributed by atoms with Gasteiger partial charge in [0.05, 0.1) is 5.54 Å². The molecule has 1 aromatic rings. The first-order chi connectivity index (χ1) is 9.04. The molecule has 0 radical (unpaired) electrons. The Labute approximate surface area is 115 Å². The second-order valence-corrected chi connectivity index (χ2v) is 5.74. The summed E-state index contributed by atoms with van der Waals surface area (Å²) in [7, 11) is 0. The first kappa shape index (κ1) is 13.8. The topological polar surface area (TPSA) is 32.7 Å². The minimum atomic E-state index is -0.212. The van der Waals surface area contributed by atoms with E-state index < -0.39 is 0 Å². The van der Waals surface area contributed by atoms with Crippen molar-refractivity contribution in [3.63, 3.8) is 0 Å². The van der Waals surface area contributed by atoms with Gasteiger partial charge >= 0.3 is 0 Å². The van der Waals surface area contributed by atoms with Gasteiger partial charge in [-0.3, -0.25) is 4.79 Å². The smallest absolute Gasteiger partial charge is 0.267 e. The molecule has 0 atom stereocenters. The highest BCUT2D eigenvalue weighted by Gasteiger charge is 2.37. The minimum Gasteiger partial charge on any atom is -0.267 e. The highest BCUT2D eigenvalue weighted by Crippen LogP contribution is 2.30. The Bertz CT molecular complexity index is 477. The summed E-state index contributed by atoms with van der Waals surface area (Å²) in [6.45, 7) is 6.33. The molecule has 0 spiro atoms. The number of hydrogen-bond acceptors (Lipinski definition) is 2. The third-order valence-electron chi connectivity index (χ3n) is 3.48. The molecule has 1 amide bonds. The van der Waals surface area contributed by atoms with E-state index in [1.165, 1.54) is 0 Å². The van der Waals surface area contributed by atoms with Gasteiger partial charge < -0.3 is 0 Å². The van der Waals surface area contributed by atoms with Crippen LogP contribution in [0, 0.1) is 0 Å². The second kappa shape index (κ2) is 5.55. The molecule has 0 unspecified atom stereocenters. The lowest BCUT2D eigenvalue weighted by Crippen LogP contribution is -2.40. The summed E-state index contributed by atoms with van der Waals surface area (Å²) in [5.41, 5.74) is 1.64. The number of nitrogens with zero attached hydrogens (tertiary/aromatic N) is 2. The largest absolute Gasteiger partial charge is 0.274 e. The predicted molar refractivity (Wildman–Crippen MR) is 78.3 cm³/mol. The minimum absolute atomic E-state index is 0.00269. The maximum Gasteiger partial charge on any atom is 0.274 e. The molecule has 19 heavy (non-hydrogen) atoms. The summed E-state index contributed by atoms with van der Waals surface area (Å²) in [4.78, 5) is 12.5. The predicted octanol–water partition coefficient (Wildman–Crippen LogP) is 3.86. The zero-order valence-electron chi connectivity index (χ0n) is 12.0. The number of unbranched alkanes of at least 4 members (excludes halogenated alkanes) is 1. The van der Waals surface area contributed by atoms with Gasteiger partial charge in [-0.15, -0.1) is 0 Å². The average molecular weight is 258 g/mol. The molecule has 1 aliphatic heterocycles. The van der Waals surface area contributed by atoms with Gasteiger partial charge in [0.1, 0.15) is 0 Å². The van der Waals surface area contributed by atoms with Crippen LogP contribution in [-0.4, -0.2) is 22.2 Å². The highest BCUT2D eigenvalue weighted by atomic mass is 16.2. The van der Waals surface area contributed by atoms with Gasteiger partial charge in [0.15, 0.2) is 0 Å². The molecule has 0 fully saturated rings. The SMILES string of the molecule is CCCCC1=NN(C(=O)c2ccccc2)C(C)(C)C1. The van der Waals surface area contributed by atoms with E-state index in [1.54, 1.807) is 5.01 Å². The molecule has 0 saturated heterocycles. The van der Waals surface area contributed by atoms with Crippen molar-refractivity contribution in [2.75, 3.05) is 0 Å². The Morgan fingerprint density at radius 2 is 2.00 bits per heavy atom. The van der Waals surface area contributed by atoms with Gasteiger partial charge in [0.2, 0.25) is 0 Å². The highest BCUT2D eigenvalue weighted by molar-refractivity contribution is 5.98. The summed E-state index contributed by atoms with van der Waals surface area (Å²) < 4.78 is 0. The molecule has 0 aliphatic carbocycles. The van der Waals surface area contributed by atoms with Crippen LogP contribution in [-0.2, 0) is 0 Å². The van der Waals surface area contributed by atoms with Gasteiger partial charge in [-0.25, -0.2) is 5.01 Å². The van der Waals surface area contributed by atoms with Crippen molar-refractivity contribution in [2.24, 2.45) is 5.10 Å². The van der Waals surface area contributed by atoms with E-state index in [4.69, 9.17) is 0 Å². The monoisotopic (exact) mass is 258 g/mol. The molecule has 0 saturated carbocycles. The van der Waals surface area contributed by atoms with Crippen molar-refractivity contribution in [2.45, 2.75) is 52.0 Å². The lowest BCUT2D eigenvalue weighted by atomic mass is 9.95. The van der Waals surface area contributed by atoms with Crippen LogP contribution >= 0.6 is 0 Å². The lowest BCUT2D eigenvalue weighted by Gasteiger charge is -2.28. The molecular formula is C16H22N2O. The lowest BCUT2D eigenvalue weighted by molar-refractivity contribution is 0.0612. The molecule has 2 rings (SSSR count). The Morgan fingerprint density at radius 3 is 2.63 bits per heavy atom. The molecule has 1 aromatic carbocycles. The van der Waals surface area contributed by atoms with Gasteiger partial charge in [-0.1, -0.05) is 31.5 Å². The van der Waals surface area contributed by atoms with Crippen molar-refractivity contribution in [1.82, 2.24) is 5.01 Å². The molecule has 102 valence electrons. The maximum atomic E-state index is 12.5. The fourth-order valence-corrected chi connectivity index (χ4v) is 2.43. The van der Waals surface area contributed by atoms with Gasteiger partial charge in [0, 0.05) is 17.7 Å². The standard InChI is InChI=1S/C16H22N2O/c1-4-5-11-14-12-16(2,3)18(17-14)15(19)13-9-7-6-8-10-13/h6-10H,4-5,11-12H2,1-3H3. The van der Waals surface area contributed by atoms with Crippen LogP contribution in [0.15, 0.2) is 35.4 Å². The molecule has 0 aromatic heterocycles. The first-order valence-electron chi connectivity index (χ1n) is 7.00. The van der Waals surface area contributed by atoms with Gasteiger partial charge in [-0.2, -0.15) is 5.10 Å². The Morgan fingerprint density at radius 1 is 1.32 bits per heavy atom. The summed E-state index contributed by atoms with van der Waals surface area (Å²) in [6.07, 6.45) is 4.18. The number of carbonyl (C=O) groups is 1. The third kappa shape index (κ3) is 3.03. The number of amides is 1. The normalized spacial score (nSPS) is 17.4. The van der Waals surface area contributed by atoms with E-state index in [2.05, 4.69) is 25.9 Å². The van der Waals surface area contributed by atoms with E-state index >= 15 is 0 Å². The van der Waals surface area contributed by atoms with Crippen molar-refractivity contribution in [3.05, 3.63) is 35.9 Å². The number of benzene rings is 1. The van der Waals surface area contributed by atoms with E-state index in [9.17, 15) is 4.79 Å². The van der Waals surface area contributed by atoms with Gasteiger partial charge in [-0.05, 0) is 38.8 Å². The fraction of sp³-hybridized carbons (Fsp3) is 0.500. The van der Waals surface area contributed by atoms with Crippen LogP contribution in [0.4, 0.5) is 0 Å². The van der Waals surface area contributed by atoms with E-state index in [-0.39, 0.29) is 11.4 Å². The van der Waals surface area contributed by atoms with Crippen LogP contribution in [0.5, 0.6) is 0 Å². The van der Waals surface area contributed by atoms with Crippen LogP contribution in [0.1, 0.15) is 56.8 Å². The van der Waals surface area contributed by atoms with Crippen LogP contribution in [0.25, 0.3) is 0 Å². The van der Waals surface area contributed by atoms with Crippen molar-refractivity contribution in [1.29, 1.82) is 0 Å². The molecule has 3 heteroatoms. The number of rotatable bonds is 4. The van der Waals surface area contributed by atoms with Crippen LogP contribution in [0.2, 0.25) is 0 Å². The van der Waals surface area contributed by atoms with Crippen LogP contribution in [0.3, 0.4) is 0 Å². The molecule has 0 bridgehead atoms. The molecule has 3 nitrogen and oxygen atoms in total. The van der Waals surface area contributed by atoms with Crippen molar-refractivity contribution >= 4 is 11.6 Å². The number of carbonyl (C=O) groups excluding carboxylic acids is 1. The average Bonchev–Trinajstić information content (AvgIpc) is 2.71. The summed E-state index contributed by atoms with van der Waals surface area (Å²) >= 11 is 0. The number of hydrazone groups is 1. The molecule has 1 aliphatic rings. The first-order valence-corrected chi connectivity index (χ1v) is 7.00. The third-order valence-corrected chi connectivity index (χ3v) is 3.48. The zero-order chi connectivity index (χ0) is 13.9. The van der Waals surface area contributed by atoms with Crippen molar-refractivity contribution in [3.8, 4) is 0 Å². The Balaban J connectivity index is 2.18. The van der Waals surface area contributed by atoms with Crippen molar-refractivity contribution < 1.29 is 4.79 Å². The quantitative estimate of drug-likeness (QED) is 0.807. The van der Waals surface area contributed by atoms with E-state index in [0.717, 1.165) is 31.4 Å². The van der Waals surface area contributed by atoms with Gasteiger partial charge in [0.25, 0.3) is 5.91 Å². The second-order valence-electron chi connectivity index (χ2n) is 5.74. The molecule has 1 heterocycles. The fourth-order valence-electron chi connectivity index (χ4n) is 2.43. The maximum absolute atomic E-state index is 12.5. The Kier molecular flexibility index (Phi) is 4.03. The molecule has 0 N–H and O–H groups in total. The zero-order valence-corrected chi connectivity index (χ0v) is 12.0. The molecular weight excluding hydrogens is 236 g/mol. The van der Waals surface area contributed by atoms with E-state index in [1.807, 2.05) is 30.3 Å². The van der Waals surface area contributed by atoms with Crippen LogP contribution < -0.4 is 0 Å². The Hall–Kier alpha value is -1.64. The summed E-state index contributed by atoms with van der Waals surface area (Å²) in [5.74, 6) is -0.00269. The summed E-state index contributed by atoms with van der Waals surface area (Å²) in [5, 5.41) is 6.22. The summed E-state index contributed by atoms with van der Waals surface area (Å²) in [6, 6.07) is 9.38.